The second-order valence-corrected chi connectivity index (χ2v) is 11.6. The van der Waals surface area contributed by atoms with Gasteiger partial charge in [0.15, 0.2) is 0 Å². The average Bonchev–Trinajstić information content (AvgIpc) is 3.75. The molecule has 206 valence electrons. The van der Waals surface area contributed by atoms with Gasteiger partial charge in [-0.3, -0.25) is 4.79 Å². The van der Waals surface area contributed by atoms with Gasteiger partial charge < -0.3 is 19.9 Å². The number of pyridine rings is 1. The van der Waals surface area contributed by atoms with E-state index in [1.54, 1.807) is 37.7 Å². The van der Waals surface area contributed by atoms with Crippen molar-refractivity contribution in [1.82, 2.24) is 19.9 Å². The van der Waals surface area contributed by atoms with Gasteiger partial charge in [0, 0.05) is 54.3 Å². The summed E-state index contributed by atoms with van der Waals surface area (Å²) in [7, 11) is 1.64. The first-order chi connectivity index (χ1) is 19.9. The number of hydrogen-bond donors (Lipinski definition) is 2. The molecule has 0 saturated heterocycles. The second kappa shape index (κ2) is 10.2. The van der Waals surface area contributed by atoms with E-state index in [9.17, 15) is 4.79 Å². The Bertz CT molecular complexity index is 1850. The average molecular weight is 585 g/mol. The van der Waals surface area contributed by atoms with Crippen LogP contribution in [-0.2, 0) is 18.5 Å². The number of benzene rings is 3. The molecule has 0 bridgehead atoms. The van der Waals surface area contributed by atoms with Crippen LogP contribution < -0.4 is 20.8 Å². The summed E-state index contributed by atoms with van der Waals surface area (Å²) in [5.41, 5.74) is 6.13. The molecule has 2 N–H and O–H groups in total. The zero-order valence-corrected chi connectivity index (χ0v) is 23.9. The van der Waals surface area contributed by atoms with E-state index < -0.39 is 0 Å². The topological polar surface area (TPSA) is 81.1 Å². The van der Waals surface area contributed by atoms with Crippen molar-refractivity contribution in [2.24, 2.45) is 0 Å². The monoisotopic (exact) mass is 583 g/mol. The van der Waals surface area contributed by atoms with Crippen LogP contribution in [0.2, 0.25) is 10.0 Å². The Kier molecular flexibility index (Phi) is 6.46. The quantitative estimate of drug-likeness (QED) is 0.231. The predicted molar refractivity (Wildman–Crippen MR) is 164 cm³/mol. The van der Waals surface area contributed by atoms with Gasteiger partial charge in [0.05, 0.1) is 22.5 Å². The Labute approximate surface area is 247 Å². The van der Waals surface area contributed by atoms with E-state index in [4.69, 9.17) is 32.9 Å². The molecule has 1 spiro atoms. The zero-order valence-electron chi connectivity index (χ0n) is 22.4. The first-order valence-electron chi connectivity index (χ1n) is 13.5. The van der Waals surface area contributed by atoms with E-state index in [0.29, 0.717) is 50.1 Å². The number of aromatic nitrogens is 3. The van der Waals surface area contributed by atoms with Crippen LogP contribution in [0.3, 0.4) is 0 Å². The molecular formula is C32H27Cl2N5O2. The van der Waals surface area contributed by atoms with Crippen molar-refractivity contribution in [1.29, 1.82) is 0 Å². The SMILES string of the molecule is COc1ccc(Cn2cc(-c3c(Cl)cccc3Cl)c(=O)c3cnc(Nc4ccc5c(c4)CNCC54CC4)nc32)cc1. The van der Waals surface area contributed by atoms with Crippen LogP contribution >= 0.6 is 23.2 Å². The van der Waals surface area contributed by atoms with Crippen LogP contribution in [0, 0.1) is 0 Å². The molecule has 9 heteroatoms. The maximum Gasteiger partial charge on any atom is 0.229 e. The Morgan fingerprint density at radius 1 is 1.07 bits per heavy atom. The number of nitrogens with zero attached hydrogens (tertiary/aromatic N) is 3. The Morgan fingerprint density at radius 3 is 2.59 bits per heavy atom. The summed E-state index contributed by atoms with van der Waals surface area (Å²) in [6.07, 6.45) is 5.82. The summed E-state index contributed by atoms with van der Waals surface area (Å²) >= 11 is 13.1. The molecule has 1 aliphatic carbocycles. The lowest BCUT2D eigenvalue weighted by atomic mass is 9.88. The van der Waals surface area contributed by atoms with Crippen molar-refractivity contribution in [2.45, 2.75) is 31.3 Å². The third-order valence-electron chi connectivity index (χ3n) is 8.12. The van der Waals surface area contributed by atoms with Crippen LogP contribution in [-0.4, -0.2) is 28.2 Å². The fourth-order valence-electron chi connectivity index (χ4n) is 5.81. The van der Waals surface area contributed by atoms with Crippen molar-refractivity contribution in [2.75, 3.05) is 19.0 Å². The first kappa shape index (κ1) is 26.0. The summed E-state index contributed by atoms with van der Waals surface area (Å²) in [5, 5.41) is 8.10. The number of methoxy groups -OCH3 is 1. The highest BCUT2D eigenvalue weighted by atomic mass is 35.5. The summed E-state index contributed by atoms with van der Waals surface area (Å²) < 4.78 is 7.26. The maximum absolute atomic E-state index is 13.8. The van der Waals surface area contributed by atoms with Gasteiger partial charge in [-0.2, -0.15) is 4.98 Å². The summed E-state index contributed by atoms with van der Waals surface area (Å²) in [4.78, 5) is 23.1. The van der Waals surface area contributed by atoms with E-state index in [1.807, 2.05) is 28.8 Å². The van der Waals surface area contributed by atoms with Crippen LogP contribution in [0.25, 0.3) is 22.2 Å². The normalized spacial score (nSPS) is 15.1. The number of nitrogens with one attached hydrogen (secondary N) is 2. The minimum Gasteiger partial charge on any atom is -0.497 e. The summed E-state index contributed by atoms with van der Waals surface area (Å²) in [5.74, 6) is 1.18. The largest absolute Gasteiger partial charge is 0.497 e. The molecule has 0 atom stereocenters. The number of rotatable bonds is 6. The van der Waals surface area contributed by atoms with Crippen molar-refractivity contribution in [3.63, 3.8) is 0 Å². The molecule has 1 saturated carbocycles. The molecule has 3 aromatic carbocycles. The number of hydrogen-bond acceptors (Lipinski definition) is 6. The van der Waals surface area contributed by atoms with Crippen molar-refractivity contribution in [3.05, 3.63) is 110 Å². The van der Waals surface area contributed by atoms with Crippen LogP contribution in [0.1, 0.15) is 29.5 Å². The maximum atomic E-state index is 13.8. The number of ether oxygens (including phenoxy) is 1. The Balaban J connectivity index is 1.32. The minimum absolute atomic E-state index is 0.234. The van der Waals surface area contributed by atoms with E-state index in [-0.39, 0.29) is 5.43 Å². The minimum atomic E-state index is -0.234. The fourth-order valence-corrected chi connectivity index (χ4v) is 6.41. The van der Waals surface area contributed by atoms with E-state index in [1.165, 1.54) is 24.0 Å². The molecule has 1 fully saturated rings. The molecule has 1 aliphatic heterocycles. The molecule has 0 unspecified atom stereocenters. The lowest BCUT2D eigenvalue weighted by molar-refractivity contribution is 0.414. The Hall–Kier alpha value is -3.91. The molecule has 5 aromatic rings. The molecular weight excluding hydrogens is 557 g/mol. The van der Waals surface area contributed by atoms with Crippen molar-refractivity contribution >= 4 is 45.9 Å². The third kappa shape index (κ3) is 4.74. The highest BCUT2D eigenvalue weighted by Gasteiger charge is 2.46. The summed E-state index contributed by atoms with van der Waals surface area (Å²) in [6, 6.07) is 19.5. The third-order valence-corrected chi connectivity index (χ3v) is 8.75. The molecule has 2 aliphatic rings. The van der Waals surface area contributed by atoms with E-state index >= 15 is 0 Å². The Morgan fingerprint density at radius 2 is 1.85 bits per heavy atom. The van der Waals surface area contributed by atoms with Gasteiger partial charge in [0.1, 0.15) is 11.4 Å². The van der Waals surface area contributed by atoms with Gasteiger partial charge in [0.2, 0.25) is 11.4 Å². The van der Waals surface area contributed by atoms with E-state index in [2.05, 4.69) is 33.8 Å². The van der Waals surface area contributed by atoms with Crippen molar-refractivity contribution < 1.29 is 4.74 Å². The van der Waals surface area contributed by atoms with Crippen LogP contribution in [0.15, 0.2) is 77.9 Å². The standard InChI is InChI=1S/C32H27Cl2N5O2/c1-41-22-8-5-19(6-9-22)16-39-17-24(28-26(33)3-2-4-27(28)34)29(40)23-15-36-31(38-30(23)39)37-21-7-10-25-20(13-21)14-35-18-32(25)11-12-32/h2-10,13,15,17,35H,11-12,14,16,18H2,1H3,(H,36,37,38). The van der Waals surface area contributed by atoms with Gasteiger partial charge in [-0.25, -0.2) is 4.98 Å². The smallest absolute Gasteiger partial charge is 0.229 e. The summed E-state index contributed by atoms with van der Waals surface area (Å²) in [6.45, 7) is 2.35. The lowest BCUT2D eigenvalue weighted by Gasteiger charge is -2.26. The lowest BCUT2D eigenvalue weighted by Crippen LogP contribution is -2.33. The van der Waals surface area contributed by atoms with Crippen LogP contribution in [0.5, 0.6) is 5.75 Å². The molecule has 3 heterocycles. The van der Waals surface area contributed by atoms with Gasteiger partial charge in [-0.05, 0) is 65.9 Å². The molecule has 41 heavy (non-hydrogen) atoms. The number of anilines is 2. The molecule has 0 radical (unpaired) electrons. The van der Waals surface area contributed by atoms with Gasteiger partial charge in [0.25, 0.3) is 0 Å². The van der Waals surface area contributed by atoms with Gasteiger partial charge >= 0.3 is 0 Å². The number of fused-ring (bicyclic) bond motifs is 3. The highest BCUT2D eigenvalue weighted by Crippen LogP contribution is 2.50. The molecule has 7 nitrogen and oxygen atoms in total. The van der Waals surface area contributed by atoms with Gasteiger partial charge in [-0.1, -0.05) is 47.5 Å². The molecule has 0 amide bonds. The fraction of sp³-hybridized carbons (Fsp3) is 0.219. The second-order valence-electron chi connectivity index (χ2n) is 10.8. The first-order valence-corrected chi connectivity index (χ1v) is 14.3. The van der Waals surface area contributed by atoms with Crippen LogP contribution in [0.4, 0.5) is 11.6 Å². The van der Waals surface area contributed by atoms with Gasteiger partial charge in [-0.15, -0.1) is 0 Å². The van der Waals surface area contributed by atoms with Crippen molar-refractivity contribution in [3.8, 4) is 16.9 Å². The zero-order chi connectivity index (χ0) is 28.1. The van der Waals surface area contributed by atoms with E-state index in [0.717, 1.165) is 30.1 Å². The molecule has 7 rings (SSSR count). The molecule has 2 aromatic heterocycles. The predicted octanol–water partition coefficient (Wildman–Crippen LogP) is 6.70. The highest BCUT2D eigenvalue weighted by molar-refractivity contribution is 6.39. The number of halogens is 2.